The highest BCUT2D eigenvalue weighted by atomic mass is 35.5. The highest BCUT2D eigenvalue weighted by Crippen LogP contribution is 2.38. The summed E-state index contributed by atoms with van der Waals surface area (Å²) in [4.78, 5) is 2.50. The van der Waals surface area contributed by atoms with Crippen LogP contribution < -0.4 is 10.6 Å². The number of halogens is 1. The first kappa shape index (κ1) is 13.7. The number of nitrogens with zero attached hydrogens (tertiary/aromatic N) is 1. The van der Waals surface area contributed by atoms with E-state index in [1.165, 1.54) is 24.1 Å². The van der Waals surface area contributed by atoms with Crippen molar-refractivity contribution in [3.63, 3.8) is 0 Å². The van der Waals surface area contributed by atoms with E-state index in [-0.39, 0.29) is 0 Å². The zero-order valence-electron chi connectivity index (χ0n) is 11.3. The smallest absolute Gasteiger partial charge is 0.0642 e. The van der Waals surface area contributed by atoms with Gasteiger partial charge in [0, 0.05) is 12.6 Å². The molecule has 0 bridgehead atoms. The maximum atomic E-state index is 6.43. The Hall–Kier alpha value is -0.730. The van der Waals surface area contributed by atoms with Crippen molar-refractivity contribution in [2.45, 2.75) is 39.2 Å². The second kappa shape index (κ2) is 5.94. The van der Waals surface area contributed by atoms with Gasteiger partial charge in [0.2, 0.25) is 0 Å². The Balaban J connectivity index is 2.32. The van der Waals surface area contributed by atoms with Crippen molar-refractivity contribution >= 4 is 17.3 Å². The molecule has 1 aromatic rings. The first-order chi connectivity index (χ1) is 8.63. The van der Waals surface area contributed by atoms with E-state index in [1.807, 2.05) is 12.1 Å². The van der Waals surface area contributed by atoms with E-state index in [0.29, 0.717) is 18.5 Å². The average molecular weight is 267 g/mol. The summed E-state index contributed by atoms with van der Waals surface area (Å²) < 4.78 is 0. The van der Waals surface area contributed by atoms with Crippen LogP contribution in [0.15, 0.2) is 18.2 Å². The molecule has 1 aliphatic carbocycles. The molecule has 2 nitrogen and oxygen atoms in total. The lowest BCUT2D eigenvalue weighted by atomic mass is 10.1. The van der Waals surface area contributed by atoms with Crippen LogP contribution in [0.1, 0.15) is 32.3 Å². The fourth-order valence-corrected chi connectivity index (χ4v) is 2.74. The molecule has 1 fully saturated rings. The van der Waals surface area contributed by atoms with Gasteiger partial charge in [-0.1, -0.05) is 37.6 Å². The average Bonchev–Trinajstić information content (AvgIpc) is 3.11. The molecule has 0 atom stereocenters. The molecule has 0 unspecified atom stereocenters. The Morgan fingerprint density at radius 1 is 1.39 bits per heavy atom. The third-order valence-electron chi connectivity index (χ3n) is 3.32. The number of nitrogens with two attached hydrogens (primary N) is 1. The summed E-state index contributed by atoms with van der Waals surface area (Å²) in [7, 11) is 0. The maximum Gasteiger partial charge on any atom is 0.0642 e. The van der Waals surface area contributed by atoms with E-state index in [0.717, 1.165) is 18.0 Å². The lowest BCUT2D eigenvalue weighted by molar-refractivity contribution is 0.605. The summed E-state index contributed by atoms with van der Waals surface area (Å²) in [6.45, 7) is 6.27. The normalized spacial score (nSPS) is 15.2. The number of hydrogen-bond donors (Lipinski definition) is 1. The van der Waals surface area contributed by atoms with Crippen molar-refractivity contribution in [3.05, 3.63) is 28.8 Å². The third kappa shape index (κ3) is 3.18. The summed E-state index contributed by atoms with van der Waals surface area (Å²) in [5.74, 6) is 0.646. The SMILES string of the molecule is CC(C)CN(c1c(Cl)cccc1CCN)C1CC1. The molecule has 1 saturated carbocycles. The number of para-hydroxylation sites is 1. The Labute approximate surface area is 115 Å². The second-order valence-corrected chi connectivity index (χ2v) is 5.97. The Kier molecular flexibility index (Phi) is 4.52. The summed E-state index contributed by atoms with van der Waals surface area (Å²) in [6, 6.07) is 6.86. The van der Waals surface area contributed by atoms with Gasteiger partial charge >= 0.3 is 0 Å². The van der Waals surface area contributed by atoms with Crippen LogP contribution in [-0.4, -0.2) is 19.1 Å². The third-order valence-corrected chi connectivity index (χ3v) is 3.63. The fraction of sp³-hybridized carbons (Fsp3) is 0.600. The summed E-state index contributed by atoms with van der Waals surface area (Å²) in [5, 5.41) is 0.869. The number of benzene rings is 1. The van der Waals surface area contributed by atoms with Gasteiger partial charge < -0.3 is 10.6 Å². The molecule has 0 amide bonds. The van der Waals surface area contributed by atoms with E-state index in [1.54, 1.807) is 0 Å². The van der Waals surface area contributed by atoms with E-state index < -0.39 is 0 Å². The first-order valence-electron chi connectivity index (χ1n) is 6.87. The Bertz CT molecular complexity index is 399. The van der Waals surface area contributed by atoms with Gasteiger partial charge in [0.1, 0.15) is 0 Å². The molecule has 0 aromatic heterocycles. The molecule has 0 radical (unpaired) electrons. The largest absolute Gasteiger partial charge is 0.367 e. The Morgan fingerprint density at radius 2 is 2.11 bits per heavy atom. The molecular weight excluding hydrogens is 244 g/mol. The van der Waals surface area contributed by atoms with E-state index >= 15 is 0 Å². The van der Waals surface area contributed by atoms with Crippen LogP contribution in [0.3, 0.4) is 0 Å². The monoisotopic (exact) mass is 266 g/mol. The number of anilines is 1. The zero-order valence-corrected chi connectivity index (χ0v) is 12.1. The molecule has 1 aliphatic rings. The minimum atomic E-state index is 0.646. The second-order valence-electron chi connectivity index (χ2n) is 5.56. The first-order valence-corrected chi connectivity index (χ1v) is 7.25. The standard InChI is InChI=1S/C15H23ClN2/c1-11(2)10-18(13-6-7-13)15-12(8-9-17)4-3-5-14(15)16/h3-5,11,13H,6-10,17H2,1-2H3. The topological polar surface area (TPSA) is 29.3 Å². The van der Waals surface area contributed by atoms with Crippen molar-refractivity contribution in [2.24, 2.45) is 11.7 Å². The summed E-state index contributed by atoms with van der Waals surface area (Å²) >= 11 is 6.43. The summed E-state index contributed by atoms with van der Waals surface area (Å²) in [6.07, 6.45) is 3.48. The molecule has 0 heterocycles. The molecular formula is C15H23ClN2. The Morgan fingerprint density at radius 3 is 2.67 bits per heavy atom. The van der Waals surface area contributed by atoms with Gasteiger partial charge in [-0.15, -0.1) is 0 Å². The molecule has 18 heavy (non-hydrogen) atoms. The van der Waals surface area contributed by atoms with Gasteiger partial charge in [-0.05, 0) is 43.4 Å². The van der Waals surface area contributed by atoms with Crippen LogP contribution in [-0.2, 0) is 6.42 Å². The minimum Gasteiger partial charge on any atom is -0.367 e. The van der Waals surface area contributed by atoms with Crippen molar-refractivity contribution in [1.29, 1.82) is 0 Å². The predicted molar refractivity (Wildman–Crippen MR) is 79.4 cm³/mol. The molecule has 2 rings (SSSR count). The van der Waals surface area contributed by atoms with Crippen molar-refractivity contribution in [3.8, 4) is 0 Å². The lowest BCUT2D eigenvalue weighted by Gasteiger charge is -2.30. The zero-order chi connectivity index (χ0) is 13.1. The van der Waals surface area contributed by atoms with Crippen LogP contribution >= 0.6 is 11.6 Å². The van der Waals surface area contributed by atoms with Crippen LogP contribution in [0.5, 0.6) is 0 Å². The van der Waals surface area contributed by atoms with Crippen LogP contribution in [0.4, 0.5) is 5.69 Å². The quantitative estimate of drug-likeness (QED) is 0.854. The predicted octanol–water partition coefficient (Wildman–Crippen LogP) is 3.47. The van der Waals surface area contributed by atoms with E-state index in [4.69, 9.17) is 17.3 Å². The number of hydrogen-bond acceptors (Lipinski definition) is 2. The van der Waals surface area contributed by atoms with Gasteiger partial charge in [-0.2, -0.15) is 0 Å². The molecule has 1 aromatic carbocycles. The molecule has 100 valence electrons. The van der Waals surface area contributed by atoms with E-state index in [2.05, 4.69) is 24.8 Å². The number of rotatable bonds is 6. The highest BCUT2D eigenvalue weighted by Gasteiger charge is 2.31. The van der Waals surface area contributed by atoms with Crippen molar-refractivity contribution in [1.82, 2.24) is 0 Å². The summed E-state index contributed by atoms with van der Waals surface area (Å²) in [5.41, 5.74) is 8.22. The fourth-order valence-electron chi connectivity index (χ4n) is 2.44. The maximum absolute atomic E-state index is 6.43. The van der Waals surface area contributed by atoms with Crippen LogP contribution in [0, 0.1) is 5.92 Å². The van der Waals surface area contributed by atoms with Crippen molar-refractivity contribution < 1.29 is 0 Å². The van der Waals surface area contributed by atoms with Gasteiger partial charge in [0.15, 0.2) is 0 Å². The van der Waals surface area contributed by atoms with Crippen molar-refractivity contribution in [2.75, 3.05) is 18.0 Å². The van der Waals surface area contributed by atoms with Crippen LogP contribution in [0.25, 0.3) is 0 Å². The highest BCUT2D eigenvalue weighted by molar-refractivity contribution is 6.33. The van der Waals surface area contributed by atoms with E-state index in [9.17, 15) is 0 Å². The van der Waals surface area contributed by atoms with Gasteiger partial charge in [0.05, 0.1) is 10.7 Å². The minimum absolute atomic E-state index is 0.646. The lowest BCUT2D eigenvalue weighted by Crippen LogP contribution is -2.31. The molecule has 0 saturated heterocycles. The van der Waals surface area contributed by atoms with Gasteiger partial charge in [0.25, 0.3) is 0 Å². The molecule has 2 N–H and O–H groups in total. The molecule has 3 heteroatoms. The molecule has 0 aliphatic heterocycles. The molecule has 0 spiro atoms. The van der Waals surface area contributed by atoms with Gasteiger partial charge in [-0.3, -0.25) is 0 Å². The van der Waals surface area contributed by atoms with Gasteiger partial charge in [-0.25, -0.2) is 0 Å². The van der Waals surface area contributed by atoms with Crippen LogP contribution in [0.2, 0.25) is 5.02 Å².